The lowest BCUT2D eigenvalue weighted by Crippen LogP contribution is -2.34. The maximum absolute atomic E-state index is 13.0. The number of carbonyl (C=O) groups is 1. The molecule has 2 N–H and O–H groups in total. The van der Waals surface area contributed by atoms with Crippen LogP contribution in [0.1, 0.15) is 16.7 Å². The average Bonchev–Trinajstić information content (AvgIpc) is 3.38. The quantitative estimate of drug-likeness (QED) is 0.270. The Kier molecular flexibility index (Phi) is 9.69. The molecule has 4 rings (SSSR count). The molecule has 0 fully saturated rings. The van der Waals surface area contributed by atoms with Crippen molar-refractivity contribution < 1.29 is 19.0 Å². The van der Waals surface area contributed by atoms with Crippen molar-refractivity contribution in [1.29, 1.82) is 0 Å². The minimum atomic E-state index is -0.589. The molecule has 1 heterocycles. The predicted octanol–water partition coefficient (Wildman–Crippen LogP) is 5.91. The van der Waals surface area contributed by atoms with E-state index >= 15 is 0 Å². The molecular formula is C29H31ClN2O4S. The SMILES string of the molecule is COc1ccc(-c2csnc2-c2cc(C)c(OC)c(OC)c2)cc1CC(=O)C(N)Cc1ccccc1.Cl. The molecule has 6 nitrogen and oxygen atoms in total. The van der Waals surface area contributed by atoms with Crippen molar-refractivity contribution in [2.75, 3.05) is 21.3 Å². The summed E-state index contributed by atoms with van der Waals surface area (Å²) < 4.78 is 21.3. The van der Waals surface area contributed by atoms with Crippen LogP contribution >= 0.6 is 23.9 Å². The molecule has 0 aliphatic rings. The summed E-state index contributed by atoms with van der Waals surface area (Å²) in [5, 5.41) is 2.01. The van der Waals surface area contributed by atoms with E-state index in [0.29, 0.717) is 23.7 Å². The summed E-state index contributed by atoms with van der Waals surface area (Å²) >= 11 is 1.38. The van der Waals surface area contributed by atoms with Crippen molar-refractivity contribution in [3.63, 3.8) is 0 Å². The molecular weight excluding hydrogens is 508 g/mol. The lowest BCUT2D eigenvalue weighted by atomic mass is 9.94. The molecule has 0 saturated carbocycles. The first kappa shape index (κ1) is 28.2. The number of hydrogen-bond acceptors (Lipinski definition) is 7. The largest absolute Gasteiger partial charge is 0.496 e. The van der Waals surface area contributed by atoms with Gasteiger partial charge in [0.15, 0.2) is 17.3 Å². The highest BCUT2D eigenvalue weighted by Crippen LogP contribution is 2.40. The Bertz CT molecular complexity index is 1360. The summed E-state index contributed by atoms with van der Waals surface area (Å²) in [6.07, 6.45) is 0.687. The van der Waals surface area contributed by atoms with Crippen LogP contribution in [0, 0.1) is 6.92 Å². The lowest BCUT2D eigenvalue weighted by molar-refractivity contribution is -0.119. The van der Waals surface area contributed by atoms with Crippen LogP contribution in [0.5, 0.6) is 17.2 Å². The monoisotopic (exact) mass is 538 g/mol. The van der Waals surface area contributed by atoms with Crippen molar-refractivity contribution in [3.8, 4) is 39.6 Å². The third-order valence-electron chi connectivity index (χ3n) is 6.18. The second kappa shape index (κ2) is 12.7. The second-order valence-corrected chi connectivity index (χ2v) is 9.20. The molecule has 1 unspecified atom stereocenters. The number of hydrogen-bond donors (Lipinski definition) is 1. The van der Waals surface area contributed by atoms with Gasteiger partial charge >= 0.3 is 0 Å². The van der Waals surface area contributed by atoms with Crippen LogP contribution in [0.15, 0.2) is 66.0 Å². The molecule has 0 saturated heterocycles. The van der Waals surface area contributed by atoms with Gasteiger partial charge in [-0.2, -0.15) is 4.37 Å². The number of halogens is 1. The van der Waals surface area contributed by atoms with Crippen LogP contribution in [-0.4, -0.2) is 37.5 Å². The molecule has 0 amide bonds. The van der Waals surface area contributed by atoms with E-state index in [9.17, 15) is 4.79 Å². The van der Waals surface area contributed by atoms with Crippen LogP contribution in [0.3, 0.4) is 0 Å². The van der Waals surface area contributed by atoms with E-state index in [2.05, 4.69) is 4.37 Å². The smallest absolute Gasteiger partial charge is 0.163 e. The van der Waals surface area contributed by atoms with Gasteiger partial charge in [-0.1, -0.05) is 36.4 Å². The molecule has 0 bridgehead atoms. The van der Waals surface area contributed by atoms with Gasteiger partial charge in [-0.3, -0.25) is 4.79 Å². The summed E-state index contributed by atoms with van der Waals surface area (Å²) in [5.41, 5.74) is 12.7. The zero-order valence-electron chi connectivity index (χ0n) is 21.3. The number of ether oxygens (including phenoxy) is 3. The van der Waals surface area contributed by atoms with Crippen molar-refractivity contribution in [2.45, 2.75) is 25.8 Å². The number of carbonyl (C=O) groups excluding carboxylic acids is 1. The number of rotatable bonds is 10. The number of ketones is 1. The predicted molar refractivity (Wildman–Crippen MR) is 151 cm³/mol. The van der Waals surface area contributed by atoms with Crippen molar-refractivity contribution in [2.24, 2.45) is 5.73 Å². The van der Waals surface area contributed by atoms with Crippen molar-refractivity contribution in [3.05, 3.63) is 82.7 Å². The van der Waals surface area contributed by atoms with E-state index in [1.165, 1.54) is 11.5 Å². The summed E-state index contributed by atoms with van der Waals surface area (Å²) in [5.74, 6) is 1.98. The number of aryl methyl sites for hydroxylation is 1. The second-order valence-electron chi connectivity index (χ2n) is 8.57. The van der Waals surface area contributed by atoms with E-state index in [1.807, 2.05) is 73.0 Å². The maximum atomic E-state index is 13.0. The molecule has 0 aliphatic heterocycles. The Morgan fingerprint density at radius 1 is 0.946 bits per heavy atom. The first-order valence-electron chi connectivity index (χ1n) is 11.6. The van der Waals surface area contributed by atoms with Gasteiger partial charge in [0.1, 0.15) is 5.75 Å². The van der Waals surface area contributed by atoms with Crippen LogP contribution in [0.2, 0.25) is 0 Å². The molecule has 194 valence electrons. The van der Waals surface area contributed by atoms with Gasteiger partial charge in [-0.25, -0.2) is 0 Å². The molecule has 0 aliphatic carbocycles. The lowest BCUT2D eigenvalue weighted by Gasteiger charge is -2.15. The van der Waals surface area contributed by atoms with E-state index in [4.69, 9.17) is 19.9 Å². The van der Waals surface area contributed by atoms with E-state index in [0.717, 1.165) is 39.1 Å². The fourth-order valence-electron chi connectivity index (χ4n) is 4.33. The topological polar surface area (TPSA) is 83.7 Å². The van der Waals surface area contributed by atoms with Crippen molar-refractivity contribution in [1.82, 2.24) is 4.37 Å². The molecule has 4 aromatic rings. The average molecular weight is 539 g/mol. The molecule has 3 aromatic carbocycles. The third-order valence-corrected chi connectivity index (χ3v) is 6.80. The normalized spacial score (nSPS) is 11.4. The Morgan fingerprint density at radius 2 is 1.68 bits per heavy atom. The van der Waals surface area contributed by atoms with Gasteiger partial charge in [0.25, 0.3) is 0 Å². The molecule has 1 aromatic heterocycles. The van der Waals surface area contributed by atoms with Crippen LogP contribution in [-0.2, 0) is 17.6 Å². The highest BCUT2D eigenvalue weighted by atomic mass is 35.5. The van der Waals surface area contributed by atoms with E-state index in [1.54, 1.807) is 21.3 Å². The van der Waals surface area contributed by atoms with Crippen LogP contribution in [0.4, 0.5) is 0 Å². The number of benzene rings is 3. The highest BCUT2D eigenvalue weighted by Gasteiger charge is 2.20. The third kappa shape index (κ3) is 6.31. The summed E-state index contributed by atoms with van der Waals surface area (Å²) in [4.78, 5) is 13.0. The summed E-state index contributed by atoms with van der Waals surface area (Å²) in [6.45, 7) is 1.98. The van der Waals surface area contributed by atoms with Gasteiger partial charge in [-0.15, -0.1) is 12.4 Å². The zero-order chi connectivity index (χ0) is 25.7. The molecule has 0 spiro atoms. The van der Waals surface area contributed by atoms with Gasteiger partial charge in [0, 0.05) is 28.5 Å². The number of aromatic nitrogens is 1. The van der Waals surface area contributed by atoms with Gasteiger partial charge < -0.3 is 19.9 Å². The van der Waals surface area contributed by atoms with Gasteiger partial charge in [0.2, 0.25) is 0 Å². The first-order chi connectivity index (χ1) is 17.4. The Hall–Kier alpha value is -3.39. The van der Waals surface area contributed by atoms with E-state index < -0.39 is 6.04 Å². The Balaban J connectivity index is 0.00000380. The number of nitrogens with zero attached hydrogens (tertiary/aromatic N) is 1. The number of Topliss-reactive ketones (excluding diaryl/α,β-unsaturated/α-hetero) is 1. The fraction of sp³-hybridized carbons (Fsp3) is 0.241. The number of methoxy groups -OCH3 is 3. The summed E-state index contributed by atoms with van der Waals surface area (Å²) in [6, 6.07) is 19.1. The Morgan fingerprint density at radius 3 is 2.35 bits per heavy atom. The van der Waals surface area contributed by atoms with Gasteiger partial charge in [-0.05, 0) is 65.8 Å². The number of nitrogens with two attached hydrogens (primary N) is 1. The molecule has 37 heavy (non-hydrogen) atoms. The molecule has 1 atom stereocenters. The van der Waals surface area contributed by atoms with Gasteiger partial charge in [0.05, 0.1) is 33.1 Å². The van der Waals surface area contributed by atoms with Crippen LogP contribution in [0.25, 0.3) is 22.4 Å². The van der Waals surface area contributed by atoms with Crippen molar-refractivity contribution >= 4 is 29.7 Å². The van der Waals surface area contributed by atoms with E-state index in [-0.39, 0.29) is 24.6 Å². The Labute approximate surface area is 228 Å². The minimum Gasteiger partial charge on any atom is -0.496 e. The van der Waals surface area contributed by atoms with Crippen LogP contribution < -0.4 is 19.9 Å². The fourth-order valence-corrected chi connectivity index (χ4v) is 5.04. The summed E-state index contributed by atoms with van der Waals surface area (Å²) in [7, 11) is 4.86. The standard InChI is InChI=1S/C29H30N2O4S.ClH/c1-18-12-22(16-27(34-3)29(18)35-4)28-23(17-36-31-28)20-10-11-26(33-2)21(14-20)15-25(32)24(30)13-19-8-6-5-7-9-19;/h5-12,14,16-17,24H,13,15,30H2,1-4H3;1H. The highest BCUT2D eigenvalue weighted by molar-refractivity contribution is 7.04. The first-order valence-corrected chi connectivity index (χ1v) is 12.5. The molecule has 8 heteroatoms. The minimum absolute atomic E-state index is 0. The molecule has 0 radical (unpaired) electrons. The maximum Gasteiger partial charge on any atom is 0.163 e. The zero-order valence-corrected chi connectivity index (χ0v) is 22.9.